The van der Waals surface area contributed by atoms with Crippen LogP contribution < -0.4 is 14.5 Å². The summed E-state index contributed by atoms with van der Waals surface area (Å²) in [5.41, 5.74) is 0.488. The molecule has 0 radical (unpaired) electrons. The molecule has 0 unspecified atom stereocenters. The SMILES string of the molecule is O=S(=O)(Nc1ccc(N2CCOCC2)nc1N1CCOCC1)c1cccs1. The molecule has 0 aliphatic carbocycles. The predicted molar refractivity (Wildman–Crippen MR) is 105 cm³/mol. The highest BCUT2D eigenvalue weighted by atomic mass is 32.2. The van der Waals surface area contributed by atoms with Crippen molar-refractivity contribution in [3.8, 4) is 0 Å². The molecule has 4 rings (SSSR count). The maximum atomic E-state index is 12.7. The van der Waals surface area contributed by atoms with Gasteiger partial charge in [-0.05, 0) is 23.6 Å². The van der Waals surface area contributed by atoms with Crippen LogP contribution in [0, 0.1) is 0 Å². The summed E-state index contributed by atoms with van der Waals surface area (Å²) in [4.78, 5) is 9.03. The molecule has 0 atom stereocenters. The Bertz CT molecular complexity index is 861. The number of anilines is 3. The van der Waals surface area contributed by atoms with Crippen LogP contribution in [0.15, 0.2) is 33.9 Å². The lowest BCUT2D eigenvalue weighted by molar-refractivity contribution is 0.121. The number of aromatic nitrogens is 1. The lowest BCUT2D eigenvalue weighted by Gasteiger charge is -2.32. The van der Waals surface area contributed by atoms with Crippen LogP contribution >= 0.6 is 11.3 Å². The normalized spacial score (nSPS) is 18.5. The van der Waals surface area contributed by atoms with E-state index in [9.17, 15) is 8.42 Å². The van der Waals surface area contributed by atoms with E-state index in [4.69, 9.17) is 14.5 Å². The summed E-state index contributed by atoms with van der Waals surface area (Å²) in [6.45, 7) is 5.43. The van der Waals surface area contributed by atoms with Gasteiger partial charge in [-0.1, -0.05) is 6.07 Å². The van der Waals surface area contributed by atoms with Gasteiger partial charge in [0.1, 0.15) is 10.0 Å². The van der Waals surface area contributed by atoms with E-state index in [1.54, 1.807) is 23.6 Å². The second kappa shape index (κ2) is 8.01. The number of sulfonamides is 1. The Balaban J connectivity index is 1.67. The van der Waals surface area contributed by atoms with Crippen molar-refractivity contribution in [2.24, 2.45) is 0 Å². The Morgan fingerprint density at radius 2 is 1.63 bits per heavy atom. The van der Waals surface area contributed by atoms with Gasteiger partial charge in [0.05, 0.1) is 32.1 Å². The second-order valence-corrected chi connectivity index (χ2v) is 9.13. The van der Waals surface area contributed by atoms with E-state index in [1.165, 1.54) is 11.3 Å². The minimum atomic E-state index is -3.63. The Labute approximate surface area is 162 Å². The van der Waals surface area contributed by atoms with E-state index >= 15 is 0 Å². The van der Waals surface area contributed by atoms with Crippen LogP contribution in [0.3, 0.4) is 0 Å². The third-order valence-corrected chi connectivity index (χ3v) is 7.27. The zero-order valence-electron chi connectivity index (χ0n) is 14.8. The van der Waals surface area contributed by atoms with Gasteiger partial charge in [-0.3, -0.25) is 4.72 Å². The highest BCUT2D eigenvalue weighted by Crippen LogP contribution is 2.31. The molecular formula is C17H22N4O4S2. The Morgan fingerprint density at radius 1 is 0.963 bits per heavy atom. The minimum absolute atomic E-state index is 0.285. The average Bonchev–Trinajstić information content (AvgIpc) is 3.25. The van der Waals surface area contributed by atoms with E-state index in [1.807, 2.05) is 6.07 Å². The van der Waals surface area contributed by atoms with Gasteiger partial charge in [0.2, 0.25) is 0 Å². The Kier molecular flexibility index (Phi) is 5.48. The van der Waals surface area contributed by atoms with E-state index in [-0.39, 0.29) is 4.21 Å². The molecule has 2 aromatic rings. The van der Waals surface area contributed by atoms with Crippen LogP contribution in [0.1, 0.15) is 0 Å². The molecule has 4 heterocycles. The Hall–Kier alpha value is -1.88. The molecule has 0 saturated carbocycles. The molecule has 2 aromatic heterocycles. The number of rotatable bonds is 5. The highest BCUT2D eigenvalue weighted by Gasteiger charge is 2.23. The standard InChI is InChI=1S/C17H22N4O4S2/c22-27(23,16-2-1-13-26-16)19-14-3-4-15(20-5-9-24-10-6-20)18-17(14)21-7-11-25-12-8-21/h1-4,13,19H,5-12H2. The summed E-state index contributed by atoms with van der Waals surface area (Å²) < 4.78 is 39.2. The van der Waals surface area contributed by atoms with Gasteiger partial charge in [0.25, 0.3) is 10.0 Å². The van der Waals surface area contributed by atoms with Crippen molar-refractivity contribution in [2.75, 3.05) is 67.1 Å². The van der Waals surface area contributed by atoms with Gasteiger partial charge < -0.3 is 19.3 Å². The lowest BCUT2D eigenvalue weighted by atomic mass is 10.3. The first-order valence-corrected chi connectivity index (χ1v) is 11.2. The van der Waals surface area contributed by atoms with E-state index in [0.717, 1.165) is 18.9 Å². The third kappa shape index (κ3) is 4.18. The first kappa shape index (κ1) is 18.5. The fourth-order valence-electron chi connectivity index (χ4n) is 3.11. The number of thiophene rings is 1. The molecular weight excluding hydrogens is 388 g/mol. The fraction of sp³-hybridized carbons (Fsp3) is 0.471. The van der Waals surface area contributed by atoms with Crippen LogP contribution in [0.25, 0.3) is 0 Å². The maximum Gasteiger partial charge on any atom is 0.271 e. The van der Waals surface area contributed by atoms with Crippen LogP contribution in [0.4, 0.5) is 17.3 Å². The van der Waals surface area contributed by atoms with Gasteiger partial charge in [-0.15, -0.1) is 11.3 Å². The third-order valence-electron chi connectivity index (χ3n) is 4.51. The number of hydrogen-bond acceptors (Lipinski definition) is 8. The number of ether oxygens (including phenoxy) is 2. The monoisotopic (exact) mass is 410 g/mol. The maximum absolute atomic E-state index is 12.7. The molecule has 2 fully saturated rings. The smallest absolute Gasteiger partial charge is 0.271 e. The number of hydrogen-bond donors (Lipinski definition) is 1. The van der Waals surface area contributed by atoms with Crippen molar-refractivity contribution < 1.29 is 17.9 Å². The summed E-state index contributed by atoms with van der Waals surface area (Å²) in [6, 6.07) is 6.98. The Morgan fingerprint density at radius 3 is 2.26 bits per heavy atom. The van der Waals surface area contributed by atoms with Gasteiger partial charge in [-0.2, -0.15) is 0 Å². The largest absolute Gasteiger partial charge is 0.378 e. The first-order valence-electron chi connectivity index (χ1n) is 8.86. The van der Waals surface area contributed by atoms with Crippen molar-refractivity contribution in [3.05, 3.63) is 29.6 Å². The number of pyridine rings is 1. The van der Waals surface area contributed by atoms with E-state index < -0.39 is 10.0 Å². The van der Waals surface area contributed by atoms with Crippen LogP contribution in [-0.4, -0.2) is 66.0 Å². The zero-order valence-corrected chi connectivity index (χ0v) is 16.5. The topological polar surface area (TPSA) is 84.0 Å². The summed E-state index contributed by atoms with van der Waals surface area (Å²) in [5.74, 6) is 1.47. The number of nitrogens with zero attached hydrogens (tertiary/aromatic N) is 3. The number of nitrogens with one attached hydrogen (secondary N) is 1. The first-order chi connectivity index (χ1) is 13.1. The second-order valence-electron chi connectivity index (χ2n) is 6.28. The van der Waals surface area contributed by atoms with Gasteiger partial charge in [0.15, 0.2) is 5.82 Å². The fourth-order valence-corrected chi connectivity index (χ4v) is 5.17. The van der Waals surface area contributed by atoms with E-state index in [0.29, 0.717) is 51.0 Å². The zero-order chi connectivity index (χ0) is 18.7. The molecule has 0 spiro atoms. The van der Waals surface area contributed by atoms with Crippen molar-refractivity contribution in [3.63, 3.8) is 0 Å². The van der Waals surface area contributed by atoms with Crippen molar-refractivity contribution in [2.45, 2.75) is 4.21 Å². The summed E-state index contributed by atoms with van der Waals surface area (Å²) in [7, 11) is -3.63. The minimum Gasteiger partial charge on any atom is -0.378 e. The van der Waals surface area contributed by atoms with Crippen LogP contribution in [0.2, 0.25) is 0 Å². The van der Waals surface area contributed by atoms with Gasteiger partial charge in [-0.25, -0.2) is 13.4 Å². The summed E-state index contributed by atoms with van der Waals surface area (Å²) >= 11 is 1.19. The molecule has 2 saturated heterocycles. The molecule has 2 aliphatic rings. The molecule has 146 valence electrons. The quantitative estimate of drug-likeness (QED) is 0.802. The van der Waals surface area contributed by atoms with Crippen molar-refractivity contribution in [1.82, 2.24) is 4.98 Å². The summed E-state index contributed by atoms with van der Waals surface area (Å²) in [6.07, 6.45) is 0. The average molecular weight is 411 g/mol. The lowest BCUT2D eigenvalue weighted by Crippen LogP contribution is -2.39. The number of morpholine rings is 2. The molecule has 2 aliphatic heterocycles. The molecule has 1 N–H and O–H groups in total. The molecule has 27 heavy (non-hydrogen) atoms. The van der Waals surface area contributed by atoms with Crippen molar-refractivity contribution >= 4 is 38.7 Å². The molecule has 10 heteroatoms. The van der Waals surface area contributed by atoms with Crippen molar-refractivity contribution in [1.29, 1.82) is 0 Å². The molecule has 0 aromatic carbocycles. The van der Waals surface area contributed by atoms with E-state index in [2.05, 4.69) is 14.5 Å². The molecule has 8 nitrogen and oxygen atoms in total. The van der Waals surface area contributed by atoms with Crippen LogP contribution in [0.5, 0.6) is 0 Å². The van der Waals surface area contributed by atoms with Gasteiger partial charge >= 0.3 is 0 Å². The predicted octanol–water partition coefficient (Wildman–Crippen LogP) is 1.62. The summed E-state index contributed by atoms with van der Waals surface area (Å²) in [5, 5.41) is 1.75. The molecule has 0 amide bonds. The highest BCUT2D eigenvalue weighted by molar-refractivity contribution is 7.94. The van der Waals surface area contributed by atoms with Gasteiger partial charge in [0, 0.05) is 26.2 Å². The molecule has 0 bridgehead atoms. The van der Waals surface area contributed by atoms with Crippen LogP contribution in [-0.2, 0) is 19.5 Å².